The average Bonchev–Trinajstić information content (AvgIpc) is 2.90. The summed E-state index contributed by atoms with van der Waals surface area (Å²) in [5.41, 5.74) is 2.16. The van der Waals surface area contributed by atoms with Crippen molar-refractivity contribution in [2.45, 2.75) is 19.9 Å². The molecule has 1 N–H and O–H groups in total. The van der Waals surface area contributed by atoms with Gasteiger partial charge in [-0.05, 0) is 42.8 Å². The van der Waals surface area contributed by atoms with E-state index in [4.69, 9.17) is 13.9 Å². The monoisotopic (exact) mass is 353 g/mol. The fraction of sp³-hybridized carbons (Fsp3) is 0.375. The van der Waals surface area contributed by atoms with Gasteiger partial charge in [0, 0.05) is 4.47 Å². The van der Waals surface area contributed by atoms with Crippen molar-refractivity contribution in [1.29, 1.82) is 0 Å². The summed E-state index contributed by atoms with van der Waals surface area (Å²) in [6, 6.07) is 5.81. The number of hydrogen-bond donors (Lipinski definition) is 1. The summed E-state index contributed by atoms with van der Waals surface area (Å²) in [6.45, 7) is 4.93. The van der Waals surface area contributed by atoms with Crippen molar-refractivity contribution >= 4 is 15.9 Å². The molecule has 2 aromatic rings. The molecule has 0 spiro atoms. The van der Waals surface area contributed by atoms with E-state index >= 15 is 0 Å². The summed E-state index contributed by atoms with van der Waals surface area (Å²) in [5, 5.41) is 3.45. The van der Waals surface area contributed by atoms with Gasteiger partial charge in [0.25, 0.3) is 0 Å². The zero-order chi connectivity index (χ0) is 15.4. The number of hydrogen-bond acceptors (Lipinski definition) is 4. The molecular weight excluding hydrogens is 334 g/mol. The second-order valence-corrected chi connectivity index (χ2v) is 5.54. The summed E-state index contributed by atoms with van der Waals surface area (Å²) in [4.78, 5) is 0. The first kappa shape index (κ1) is 15.9. The molecule has 1 unspecified atom stereocenters. The smallest absolute Gasteiger partial charge is 0.161 e. The Balaban J connectivity index is 2.53. The van der Waals surface area contributed by atoms with Crippen LogP contribution < -0.4 is 14.8 Å². The van der Waals surface area contributed by atoms with Gasteiger partial charge < -0.3 is 19.2 Å². The van der Waals surface area contributed by atoms with E-state index in [0.29, 0.717) is 11.5 Å². The van der Waals surface area contributed by atoms with Crippen LogP contribution in [0.5, 0.6) is 11.5 Å². The normalized spacial score (nSPS) is 12.2. The molecule has 21 heavy (non-hydrogen) atoms. The van der Waals surface area contributed by atoms with Gasteiger partial charge in [-0.25, -0.2) is 0 Å². The van der Waals surface area contributed by atoms with Crippen LogP contribution in [0, 0.1) is 6.92 Å². The quantitative estimate of drug-likeness (QED) is 0.850. The summed E-state index contributed by atoms with van der Waals surface area (Å²) < 4.78 is 17.3. The third-order valence-corrected chi connectivity index (χ3v) is 4.07. The number of furan rings is 1. The SMILES string of the molecule is CCNC(c1cc(OC)c(OC)cc1Br)c1occc1C. The molecule has 5 heteroatoms. The standard InChI is InChI=1S/C16H20BrNO3/c1-5-18-15(16-10(2)6-7-21-16)11-8-13(19-3)14(20-4)9-12(11)17/h6-9,15,18H,5H2,1-4H3. The Morgan fingerprint density at radius 2 is 1.90 bits per heavy atom. The molecule has 4 nitrogen and oxygen atoms in total. The third kappa shape index (κ3) is 3.24. The largest absolute Gasteiger partial charge is 0.493 e. The van der Waals surface area contributed by atoms with Crippen LogP contribution in [0.15, 0.2) is 33.4 Å². The molecule has 0 radical (unpaired) electrons. The van der Waals surface area contributed by atoms with E-state index < -0.39 is 0 Å². The van der Waals surface area contributed by atoms with Gasteiger partial charge in [0.2, 0.25) is 0 Å². The van der Waals surface area contributed by atoms with Crippen LogP contribution in [0.1, 0.15) is 29.9 Å². The molecule has 1 aromatic carbocycles. The molecule has 114 valence electrons. The minimum absolute atomic E-state index is 0.0424. The third-order valence-electron chi connectivity index (χ3n) is 3.39. The van der Waals surface area contributed by atoms with Crippen molar-refractivity contribution in [3.8, 4) is 11.5 Å². The second-order valence-electron chi connectivity index (χ2n) is 4.69. The number of ether oxygens (including phenoxy) is 2. The van der Waals surface area contributed by atoms with Crippen LogP contribution in [-0.4, -0.2) is 20.8 Å². The first-order valence-corrected chi connectivity index (χ1v) is 7.60. The van der Waals surface area contributed by atoms with Crippen molar-refractivity contribution < 1.29 is 13.9 Å². The second kappa shape index (κ2) is 7.00. The average molecular weight is 354 g/mol. The zero-order valence-electron chi connectivity index (χ0n) is 12.7. The number of aryl methyl sites for hydroxylation is 1. The van der Waals surface area contributed by atoms with Crippen LogP contribution >= 0.6 is 15.9 Å². The highest BCUT2D eigenvalue weighted by atomic mass is 79.9. The molecule has 1 aromatic heterocycles. The maximum atomic E-state index is 5.66. The van der Waals surface area contributed by atoms with Crippen molar-refractivity contribution in [3.05, 3.63) is 45.8 Å². The minimum Gasteiger partial charge on any atom is -0.493 e. The predicted molar refractivity (Wildman–Crippen MR) is 86.2 cm³/mol. The van der Waals surface area contributed by atoms with E-state index in [1.54, 1.807) is 20.5 Å². The van der Waals surface area contributed by atoms with Gasteiger partial charge >= 0.3 is 0 Å². The molecule has 0 aliphatic heterocycles. The van der Waals surface area contributed by atoms with Gasteiger partial charge in [-0.2, -0.15) is 0 Å². The lowest BCUT2D eigenvalue weighted by Gasteiger charge is -2.20. The Bertz CT molecular complexity index is 610. The Morgan fingerprint density at radius 1 is 1.24 bits per heavy atom. The fourth-order valence-corrected chi connectivity index (χ4v) is 2.87. The lowest BCUT2D eigenvalue weighted by atomic mass is 10.0. The molecule has 0 saturated carbocycles. The number of benzene rings is 1. The molecule has 0 saturated heterocycles. The van der Waals surface area contributed by atoms with Crippen molar-refractivity contribution in [3.63, 3.8) is 0 Å². The fourth-order valence-electron chi connectivity index (χ4n) is 2.32. The van der Waals surface area contributed by atoms with Crippen molar-refractivity contribution in [2.24, 2.45) is 0 Å². The van der Waals surface area contributed by atoms with Crippen molar-refractivity contribution in [1.82, 2.24) is 5.32 Å². The van der Waals surface area contributed by atoms with Crippen LogP contribution in [0.25, 0.3) is 0 Å². The molecular formula is C16H20BrNO3. The highest BCUT2D eigenvalue weighted by molar-refractivity contribution is 9.10. The molecule has 0 amide bonds. The lowest BCUT2D eigenvalue weighted by molar-refractivity contribution is 0.353. The van der Waals surface area contributed by atoms with Crippen LogP contribution in [0.4, 0.5) is 0 Å². The van der Waals surface area contributed by atoms with Gasteiger partial charge in [0.15, 0.2) is 11.5 Å². The molecule has 1 heterocycles. The van der Waals surface area contributed by atoms with Crippen LogP contribution in [-0.2, 0) is 0 Å². The molecule has 0 aliphatic carbocycles. The molecule has 0 bridgehead atoms. The molecule has 2 rings (SSSR count). The highest BCUT2D eigenvalue weighted by Gasteiger charge is 2.23. The van der Waals surface area contributed by atoms with Gasteiger partial charge in [-0.3, -0.25) is 0 Å². The van der Waals surface area contributed by atoms with E-state index in [2.05, 4.69) is 28.2 Å². The van der Waals surface area contributed by atoms with Crippen molar-refractivity contribution in [2.75, 3.05) is 20.8 Å². The summed E-state index contributed by atoms with van der Waals surface area (Å²) in [7, 11) is 3.26. The maximum Gasteiger partial charge on any atom is 0.161 e. The Hall–Kier alpha value is -1.46. The van der Waals surface area contributed by atoms with Gasteiger partial charge in [-0.15, -0.1) is 0 Å². The maximum absolute atomic E-state index is 5.66. The number of halogens is 1. The number of rotatable bonds is 6. The first-order valence-electron chi connectivity index (χ1n) is 6.81. The van der Waals surface area contributed by atoms with Gasteiger partial charge in [0.1, 0.15) is 5.76 Å². The predicted octanol–water partition coefficient (Wildman–Crippen LogP) is 4.07. The summed E-state index contributed by atoms with van der Waals surface area (Å²) >= 11 is 3.61. The summed E-state index contributed by atoms with van der Waals surface area (Å²) in [5.74, 6) is 2.30. The van der Waals surface area contributed by atoms with E-state index in [0.717, 1.165) is 27.9 Å². The van der Waals surface area contributed by atoms with E-state index in [9.17, 15) is 0 Å². The van der Waals surface area contributed by atoms with E-state index in [1.807, 2.05) is 25.1 Å². The number of nitrogens with one attached hydrogen (secondary N) is 1. The van der Waals surface area contributed by atoms with Crippen LogP contribution in [0.3, 0.4) is 0 Å². The Kier molecular flexibility index (Phi) is 5.31. The first-order chi connectivity index (χ1) is 10.1. The Labute approximate surface area is 133 Å². The highest BCUT2D eigenvalue weighted by Crippen LogP contribution is 2.38. The molecule has 0 aliphatic rings. The van der Waals surface area contributed by atoms with Gasteiger partial charge in [0.05, 0.1) is 26.5 Å². The van der Waals surface area contributed by atoms with E-state index in [-0.39, 0.29) is 6.04 Å². The van der Waals surface area contributed by atoms with Crippen LogP contribution in [0.2, 0.25) is 0 Å². The van der Waals surface area contributed by atoms with Gasteiger partial charge in [-0.1, -0.05) is 22.9 Å². The topological polar surface area (TPSA) is 43.6 Å². The lowest BCUT2D eigenvalue weighted by Crippen LogP contribution is -2.22. The molecule has 0 fully saturated rings. The van der Waals surface area contributed by atoms with E-state index in [1.165, 1.54) is 0 Å². The minimum atomic E-state index is -0.0424. The Morgan fingerprint density at radius 3 is 2.43 bits per heavy atom. The summed E-state index contributed by atoms with van der Waals surface area (Å²) in [6.07, 6.45) is 1.71. The number of methoxy groups -OCH3 is 2. The molecule has 1 atom stereocenters. The zero-order valence-corrected chi connectivity index (χ0v) is 14.3.